The lowest BCUT2D eigenvalue weighted by molar-refractivity contribution is -0.157. The third kappa shape index (κ3) is 4.34. The van der Waals surface area contributed by atoms with E-state index in [-0.39, 0.29) is 36.3 Å². The number of aliphatic hydroxyl groups excluding tert-OH is 1. The van der Waals surface area contributed by atoms with E-state index in [9.17, 15) is 19.8 Å². The zero-order valence-corrected chi connectivity index (χ0v) is 20.8. The van der Waals surface area contributed by atoms with Crippen molar-refractivity contribution in [2.75, 3.05) is 6.61 Å². The second kappa shape index (κ2) is 9.06. The lowest BCUT2D eigenvalue weighted by Crippen LogP contribution is -2.72. The first-order valence-electron chi connectivity index (χ1n) is 10.9. The van der Waals surface area contributed by atoms with Crippen LogP contribution in [0.25, 0.3) is 0 Å². The first-order chi connectivity index (χ1) is 15.3. The van der Waals surface area contributed by atoms with Crippen molar-refractivity contribution >= 4 is 34.8 Å². The SMILES string of the molecule is CC(=CCCC(C)=CC[C@@]12OC(C)(C)[C@H](Cl)C[C@]1(Cl)C(=O)c1c(O)cc(O)cc1C2=O)CO. The molecule has 0 spiro atoms. The number of hydrogen-bond donors (Lipinski definition) is 3. The van der Waals surface area contributed by atoms with Gasteiger partial charge in [0.15, 0.2) is 17.2 Å². The molecule has 1 aromatic carbocycles. The van der Waals surface area contributed by atoms with E-state index in [0.29, 0.717) is 12.8 Å². The molecule has 0 amide bonds. The minimum Gasteiger partial charge on any atom is -0.508 e. The van der Waals surface area contributed by atoms with Crippen LogP contribution < -0.4 is 0 Å². The minimum atomic E-state index is -1.82. The summed E-state index contributed by atoms with van der Waals surface area (Å²) in [6.07, 6.45) is 5.17. The highest BCUT2D eigenvalue weighted by atomic mass is 35.5. The largest absolute Gasteiger partial charge is 0.508 e. The second-order valence-corrected chi connectivity index (χ2v) is 10.7. The molecule has 1 aromatic rings. The maximum atomic E-state index is 13.9. The molecule has 0 aromatic heterocycles. The summed E-state index contributed by atoms with van der Waals surface area (Å²) in [7, 11) is 0. The van der Waals surface area contributed by atoms with Crippen LogP contribution in [0.3, 0.4) is 0 Å². The van der Waals surface area contributed by atoms with Crippen LogP contribution in [0.4, 0.5) is 0 Å². The van der Waals surface area contributed by atoms with Gasteiger partial charge in [0.2, 0.25) is 0 Å². The first kappa shape index (κ1) is 25.8. The fraction of sp³-hybridized carbons (Fsp3) is 0.520. The highest BCUT2D eigenvalue weighted by Gasteiger charge is 2.70. The zero-order chi connectivity index (χ0) is 24.8. The normalized spacial score (nSPS) is 29.6. The number of ether oxygens (including phenoxy) is 1. The van der Waals surface area contributed by atoms with Crippen molar-refractivity contribution in [1.29, 1.82) is 0 Å². The number of carbonyl (C=O) groups is 2. The molecule has 2 aliphatic rings. The van der Waals surface area contributed by atoms with Crippen LogP contribution >= 0.6 is 23.2 Å². The molecule has 180 valence electrons. The van der Waals surface area contributed by atoms with E-state index in [1.807, 2.05) is 26.0 Å². The Morgan fingerprint density at radius 2 is 1.82 bits per heavy atom. The zero-order valence-electron chi connectivity index (χ0n) is 19.2. The molecule has 0 radical (unpaired) electrons. The van der Waals surface area contributed by atoms with Gasteiger partial charge in [-0.3, -0.25) is 9.59 Å². The number of allylic oxidation sites excluding steroid dienone is 2. The third-order valence-electron chi connectivity index (χ3n) is 6.61. The molecular formula is C25H30Cl2O6. The van der Waals surface area contributed by atoms with E-state index in [1.165, 1.54) is 0 Å². The summed E-state index contributed by atoms with van der Waals surface area (Å²) >= 11 is 13.5. The summed E-state index contributed by atoms with van der Waals surface area (Å²) in [5.74, 6) is -2.07. The standard InChI is InChI=1S/C25H30Cl2O6/c1-14(6-5-7-15(2)13-28)8-9-25-21(31)17-10-16(29)11-18(30)20(17)22(32)24(25,27)12-19(26)23(3,4)33-25/h7-8,10-11,19,28-30H,5-6,9,12-13H2,1-4H3/t19-,24+,25+/m1/s1. The Morgan fingerprint density at radius 3 is 2.45 bits per heavy atom. The van der Waals surface area contributed by atoms with Gasteiger partial charge in [0.05, 0.1) is 23.1 Å². The predicted molar refractivity (Wildman–Crippen MR) is 128 cm³/mol. The Labute approximate surface area is 203 Å². The molecule has 1 fully saturated rings. The Hall–Kier alpha value is -1.86. The van der Waals surface area contributed by atoms with E-state index in [4.69, 9.17) is 33.0 Å². The van der Waals surface area contributed by atoms with Crippen LogP contribution in [0.5, 0.6) is 11.5 Å². The van der Waals surface area contributed by atoms with Gasteiger partial charge in [-0.25, -0.2) is 0 Å². The number of carbonyl (C=O) groups excluding carboxylic acids is 2. The van der Waals surface area contributed by atoms with Crippen molar-refractivity contribution in [3.63, 3.8) is 0 Å². The molecule has 8 heteroatoms. The summed E-state index contributed by atoms with van der Waals surface area (Å²) in [6.45, 7) is 7.24. The number of rotatable bonds is 6. The van der Waals surface area contributed by atoms with Gasteiger partial charge in [-0.05, 0) is 53.0 Å². The molecule has 3 N–H and O–H groups in total. The molecular weight excluding hydrogens is 467 g/mol. The summed E-state index contributed by atoms with van der Waals surface area (Å²) in [5.41, 5.74) is -1.23. The Morgan fingerprint density at radius 1 is 1.15 bits per heavy atom. The van der Waals surface area contributed by atoms with Crippen LogP contribution in [-0.2, 0) is 4.74 Å². The number of hydrogen-bond acceptors (Lipinski definition) is 6. The molecule has 0 unspecified atom stereocenters. The maximum absolute atomic E-state index is 13.9. The van der Waals surface area contributed by atoms with Crippen LogP contribution in [0.1, 0.15) is 74.1 Å². The van der Waals surface area contributed by atoms with E-state index in [1.54, 1.807) is 13.8 Å². The number of benzene rings is 1. The molecule has 33 heavy (non-hydrogen) atoms. The molecule has 0 saturated carbocycles. The molecule has 6 nitrogen and oxygen atoms in total. The average molecular weight is 497 g/mol. The Bertz CT molecular complexity index is 1040. The minimum absolute atomic E-state index is 0.00112. The molecule has 0 bridgehead atoms. The average Bonchev–Trinajstić information content (AvgIpc) is 2.73. The monoisotopic (exact) mass is 496 g/mol. The molecule has 3 atom stereocenters. The van der Waals surface area contributed by atoms with E-state index >= 15 is 0 Å². The summed E-state index contributed by atoms with van der Waals surface area (Å²) in [5, 5.41) is 28.8. The summed E-state index contributed by atoms with van der Waals surface area (Å²) in [6, 6.07) is 2.17. The second-order valence-electron chi connectivity index (χ2n) is 9.55. The molecule has 1 heterocycles. The summed E-state index contributed by atoms with van der Waals surface area (Å²) < 4.78 is 6.32. The Balaban J connectivity index is 2.10. The third-order valence-corrected chi connectivity index (χ3v) is 7.92. The highest BCUT2D eigenvalue weighted by molar-refractivity contribution is 6.45. The van der Waals surface area contributed by atoms with Crippen LogP contribution in [-0.4, -0.2) is 54.9 Å². The first-order valence-corrected chi connectivity index (χ1v) is 11.7. The quantitative estimate of drug-likeness (QED) is 0.375. The number of alkyl halides is 2. The Kier molecular flexibility index (Phi) is 7.07. The van der Waals surface area contributed by atoms with Gasteiger partial charge in [-0.2, -0.15) is 0 Å². The van der Waals surface area contributed by atoms with Crippen molar-refractivity contribution in [3.8, 4) is 11.5 Å². The van der Waals surface area contributed by atoms with Crippen molar-refractivity contribution in [3.05, 3.63) is 46.6 Å². The molecule has 3 rings (SSSR count). The number of halogens is 2. The van der Waals surface area contributed by atoms with Crippen molar-refractivity contribution in [2.24, 2.45) is 0 Å². The predicted octanol–water partition coefficient (Wildman–Crippen LogP) is 5.05. The van der Waals surface area contributed by atoms with Crippen molar-refractivity contribution in [2.45, 2.75) is 74.8 Å². The van der Waals surface area contributed by atoms with Crippen molar-refractivity contribution in [1.82, 2.24) is 0 Å². The number of aliphatic hydroxyl groups is 1. The lowest BCUT2D eigenvalue weighted by atomic mass is 9.63. The number of ketones is 2. The van der Waals surface area contributed by atoms with Crippen LogP contribution in [0.15, 0.2) is 35.4 Å². The van der Waals surface area contributed by atoms with Crippen LogP contribution in [0.2, 0.25) is 0 Å². The molecule has 1 aliphatic heterocycles. The number of phenols is 2. The van der Waals surface area contributed by atoms with Gasteiger partial charge in [0, 0.05) is 18.1 Å². The topological polar surface area (TPSA) is 104 Å². The fourth-order valence-corrected chi connectivity index (χ4v) is 5.33. The van der Waals surface area contributed by atoms with E-state index < -0.39 is 38.8 Å². The number of Topliss-reactive ketones (excluding diaryl/α,β-unsaturated/α-hetero) is 2. The van der Waals surface area contributed by atoms with Gasteiger partial charge in [-0.15, -0.1) is 23.2 Å². The molecule has 1 saturated heterocycles. The van der Waals surface area contributed by atoms with Gasteiger partial charge in [0.25, 0.3) is 0 Å². The lowest BCUT2D eigenvalue weighted by Gasteiger charge is -2.56. The highest BCUT2D eigenvalue weighted by Crippen LogP contribution is 2.56. The van der Waals surface area contributed by atoms with Gasteiger partial charge in [0.1, 0.15) is 16.4 Å². The van der Waals surface area contributed by atoms with Gasteiger partial charge >= 0.3 is 0 Å². The maximum Gasteiger partial charge on any atom is 0.198 e. The van der Waals surface area contributed by atoms with E-state index in [0.717, 1.165) is 23.3 Å². The summed E-state index contributed by atoms with van der Waals surface area (Å²) in [4.78, 5) is 25.7. The number of fused-ring (bicyclic) bond motifs is 2. The number of aromatic hydroxyl groups is 2. The fourth-order valence-electron chi connectivity index (χ4n) is 4.53. The van der Waals surface area contributed by atoms with Gasteiger partial charge < -0.3 is 20.1 Å². The smallest absolute Gasteiger partial charge is 0.198 e. The number of phenolic OH excluding ortho intramolecular Hbond substituents is 2. The van der Waals surface area contributed by atoms with E-state index in [2.05, 4.69) is 0 Å². The van der Waals surface area contributed by atoms with Gasteiger partial charge in [-0.1, -0.05) is 23.3 Å². The van der Waals surface area contributed by atoms with Crippen LogP contribution in [0, 0.1) is 0 Å². The molecule has 1 aliphatic carbocycles. The van der Waals surface area contributed by atoms with Crippen molar-refractivity contribution < 1.29 is 29.6 Å².